The lowest BCUT2D eigenvalue weighted by molar-refractivity contribution is 0.504. The van der Waals surface area contributed by atoms with Crippen molar-refractivity contribution in [2.75, 3.05) is 4.72 Å². The van der Waals surface area contributed by atoms with Crippen LogP contribution in [0.4, 0.5) is 14.5 Å². The summed E-state index contributed by atoms with van der Waals surface area (Å²) in [4.78, 5) is -0.340. The molecule has 21 heavy (non-hydrogen) atoms. The van der Waals surface area contributed by atoms with Crippen LogP contribution in [0.3, 0.4) is 0 Å². The Morgan fingerprint density at radius 3 is 2.29 bits per heavy atom. The van der Waals surface area contributed by atoms with Crippen LogP contribution in [0, 0.1) is 25.5 Å². The van der Waals surface area contributed by atoms with Gasteiger partial charge in [-0.15, -0.1) is 0 Å². The quantitative estimate of drug-likeness (QED) is 0.875. The minimum atomic E-state index is -4.00. The molecule has 0 amide bonds. The number of hydrogen-bond acceptors (Lipinski definition) is 2. The monoisotopic (exact) mass is 375 g/mol. The van der Waals surface area contributed by atoms with Gasteiger partial charge in [0.25, 0.3) is 10.0 Å². The van der Waals surface area contributed by atoms with Gasteiger partial charge in [-0.2, -0.15) is 0 Å². The molecule has 2 aromatic rings. The first-order chi connectivity index (χ1) is 9.70. The molecule has 0 saturated carbocycles. The molecule has 2 rings (SSSR count). The van der Waals surface area contributed by atoms with Crippen molar-refractivity contribution in [2.24, 2.45) is 0 Å². The van der Waals surface area contributed by atoms with E-state index in [0.717, 1.165) is 17.7 Å². The molecule has 1 N–H and O–H groups in total. The first-order valence-corrected chi connectivity index (χ1v) is 8.23. The Morgan fingerprint density at radius 1 is 1.05 bits per heavy atom. The lowest BCUT2D eigenvalue weighted by atomic mass is 10.1. The van der Waals surface area contributed by atoms with E-state index in [1.54, 1.807) is 13.0 Å². The summed E-state index contributed by atoms with van der Waals surface area (Å²) in [5.41, 5.74) is 2.05. The first-order valence-electron chi connectivity index (χ1n) is 5.95. The van der Waals surface area contributed by atoms with Gasteiger partial charge in [0.15, 0.2) is 11.6 Å². The Labute approximate surface area is 130 Å². The molecule has 0 saturated heterocycles. The third kappa shape index (κ3) is 3.41. The highest BCUT2D eigenvalue weighted by Crippen LogP contribution is 2.30. The lowest BCUT2D eigenvalue weighted by Crippen LogP contribution is -2.14. The summed E-state index contributed by atoms with van der Waals surface area (Å²) in [7, 11) is -4.00. The largest absolute Gasteiger partial charge is 0.278 e. The van der Waals surface area contributed by atoms with E-state index >= 15 is 0 Å². The molecule has 0 aliphatic carbocycles. The highest BCUT2D eigenvalue weighted by molar-refractivity contribution is 9.10. The minimum absolute atomic E-state index is 0.340. The van der Waals surface area contributed by atoms with Crippen LogP contribution in [0.15, 0.2) is 39.7 Å². The van der Waals surface area contributed by atoms with Crippen molar-refractivity contribution >= 4 is 31.6 Å². The molecule has 2 aromatic carbocycles. The lowest BCUT2D eigenvalue weighted by Gasteiger charge is -2.13. The van der Waals surface area contributed by atoms with Gasteiger partial charge in [0, 0.05) is 4.47 Å². The second-order valence-electron chi connectivity index (χ2n) is 4.62. The molecule has 7 heteroatoms. The minimum Gasteiger partial charge on any atom is -0.278 e. The average molecular weight is 376 g/mol. The molecule has 0 radical (unpaired) electrons. The Morgan fingerprint density at radius 2 is 1.71 bits per heavy atom. The van der Waals surface area contributed by atoms with Gasteiger partial charge in [0.05, 0.1) is 10.6 Å². The molecule has 0 bridgehead atoms. The standard InChI is InChI=1S/C14H12BrF2NO2S/c1-8-5-9(2)14(11(15)6-8)18-21(19,20)10-3-4-12(16)13(17)7-10/h3-7,18H,1-2H3. The van der Waals surface area contributed by atoms with E-state index in [-0.39, 0.29) is 4.90 Å². The number of halogens is 3. The van der Waals surface area contributed by atoms with Crippen LogP contribution in [0.25, 0.3) is 0 Å². The molecule has 0 aromatic heterocycles. The van der Waals surface area contributed by atoms with Crippen LogP contribution in [0.5, 0.6) is 0 Å². The van der Waals surface area contributed by atoms with Gasteiger partial charge >= 0.3 is 0 Å². The third-order valence-electron chi connectivity index (χ3n) is 2.87. The predicted octanol–water partition coefficient (Wildman–Crippen LogP) is 4.14. The number of rotatable bonds is 3. The normalized spacial score (nSPS) is 11.5. The summed E-state index contributed by atoms with van der Waals surface area (Å²) >= 11 is 3.29. The van der Waals surface area contributed by atoms with Crippen molar-refractivity contribution < 1.29 is 17.2 Å². The Kier molecular flexibility index (Phi) is 4.34. The fraction of sp³-hybridized carbons (Fsp3) is 0.143. The number of hydrogen-bond donors (Lipinski definition) is 1. The molecule has 0 heterocycles. The van der Waals surface area contributed by atoms with E-state index in [9.17, 15) is 17.2 Å². The van der Waals surface area contributed by atoms with Gasteiger partial charge in [-0.05, 0) is 65.2 Å². The van der Waals surface area contributed by atoms with Gasteiger partial charge in [-0.1, -0.05) is 6.07 Å². The topological polar surface area (TPSA) is 46.2 Å². The summed E-state index contributed by atoms with van der Waals surface area (Å²) in [6.07, 6.45) is 0. The SMILES string of the molecule is Cc1cc(C)c(NS(=O)(=O)c2ccc(F)c(F)c2)c(Br)c1. The summed E-state index contributed by atoms with van der Waals surface area (Å²) < 4.78 is 53.5. The first kappa shape index (κ1) is 15.9. The number of anilines is 1. The van der Waals surface area contributed by atoms with E-state index < -0.39 is 21.7 Å². The maximum absolute atomic E-state index is 13.2. The van der Waals surface area contributed by atoms with Crippen LogP contribution < -0.4 is 4.72 Å². The van der Waals surface area contributed by atoms with Crippen LogP contribution in [-0.4, -0.2) is 8.42 Å². The molecule has 0 atom stereocenters. The zero-order valence-corrected chi connectivity index (χ0v) is 13.6. The van der Waals surface area contributed by atoms with Gasteiger partial charge in [-0.3, -0.25) is 4.72 Å². The molecule has 0 spiro atoms. The van der Waals surface area contributed by atoms with Gasteiger partial charge in [0.2, 0.25) is 0 Å². The zero-order valence-electron chi connectivity index (χ0n) is 11.2. The van der Waals surface area contributed by atoms with Crippen molar-refractivity contribution in [3.05, 3.63) is 57.6 Å². The Bertz CT molecular complexity index is 784. The molecule has 0 aliphatic rings. The maximum Gasteiger partial charge on any atom is 0.262 e. The van der Waals surface area contributed by atoms with E-state index in [1.807, 2.05) is 13.0 Å². The van der Waals surface area contributed by atoms with Crippen molar-refractivity contribution in [3.8, 4) is 0 Å². The van der Waals surface area contributed by atoms with E-state index in [1.165, 1.54) is 0 Å². The maximum atomic E-state index is 13.2. The van der Waals surface area contributed by atoms with Crippen LogP contribution in [0.1, 0.15) is 11.1 Å². The number of benzene rings is 2. The number of sulfonamides is 1. The third-order valence-corrected chi connectivity index (χ3v) is 4.84. The molecule has 3 nitrogen and oxygen atoms in total. The van der Waals surface area contributed by atoms with Crippen molar-refractivity contribution in [2.45, 2.75) is 18.7 Å². The summed E-state index contributed by atoms with van der Waals surface area (Å²) in [6, 6.07) is 6.01. The fourth-order valence-electron chi connectivity index (χ4n) is 1.88. The zero-order chi connectivity index (χ0) is 15.8. The van der Waals surface area contributed by atoms with Gasteiger partial charge in [0.1, 0.15) is 0 Å². The van der Waals surface area contributed by atoms with Crippen molar-refractivity contribution in [1.82, 2.24) is 0 Å². The van der Waals surface area contributed by atoms with E-state index in [0.29, 0.717) is 21.8 Å². The van der Waals surface area contributed by atoms with Crippen LogP contribution >= 0.6 is 15.9 Å². The number of aryl methyl sites for hydroxylation is 2. The highest BCUT2D eigenvalue weighted by Gasteiger charge is 2.19. The predicted molar refractivity (Wildman–Crippen MR) is 80.8 cm³/mol. The Balaban J connectivity index is 2.44. The summed E-state index contributed by atoms with van der Waals surface area (Å²) in [6.45, 7) is 3.63. The summed E-state index contributed by atoms with van der Waals surface area (Å²) in [5.74, 6) is -2.31. The molecule has 0 aliphatic heterocycles. The molecule has 112 valence electrons. The molecular weight excluding hydrogens is 364 g/mol. The molecule has 0 unspecified atom stereocenters. The molecule has 0 fully saturated rings. The van der Waals surface area contributed by atoms with Crippen LogP contribution in [0.2, 0.25) is 0 Å². The second kappa shape index (κ2) is 5.73. The summed E-state index contributed by atoms with van der Waals surface area (Å²) in [5, 5.41) is 0. The average Bonchev–Trinajstić information content (AvgIpc) is 2.37. The van der Waals surface area contributed by atoms with Crippen LogP contribution in [-0.2, 0) is 10.0 Å². The fourth-order valence-corrected chi connectivity index (χ4v) is 3.95. The van der Waals surface area contributed by atoms with E-state index in [4.69, 9.17) is 0 Å². The van der Waals surface area contributed by atoms with Gasteiger partial charge in [-0.25, -0.2) is 17.2 Å². The van der Waals surface area contributed by atoms with Crippen molar-refractivity contribution in [3.63, 3.8) is 0 Å². The second-order valence-corrected chi connectivity index (χ2v) is 7.16. The number of nitrogens with one attached hydrogen (secondary N) is 1. The smallest absolute Gasteiger partial charge is 0.262 e. The Hall–Kier alpha value is -1.47. The highest BCUT2D eigenvalue weighted by atomic mass is 79.9. The van der Waals surface area contributed by atoms with E-state index in [2.05, 4.69) is 20.7 Å². The molecular formula is C14H12BrF2NO2S. The van der Waals surface area contributed by atoms with Gasteiger partial charge < -0.3 is 0 Å². The van der Waals surface area contributed by atoms with Crippen molar-refractivity contribution in [1.29, 1.82) is 0 Å².